The third-order valence-electron chi connectivity index (χ3n) is 3.74. The molecule has 2 nitrogen and oxygen atoms in total. The molecule has 0 heterocycles. The van der Waals surface area contributed by atoms with Gasteiger partial charge in [0, 0.05) is 19.3 Å². The second-order valence-electron chi connectivity index (χ2n) is 5.41. The van der Waals surface area contributed by atoms with Crippen LogP contribution < -0.4 is 5.32 Å². The van der Waals surface area contributed by atoms with Crippen molar-refractivity contribution >= 4 is 0 Å². The lowest BCUT2D eigenvalue weighted by Crippen LogP contribution is -2.28. The van der Waals surface area contributed by atoms with Crippen molar-refractivity contribution in [2.45, 2.75) is 53.0 Å². The zero-order valence-corrected chi connectivity index (χ0v) is 13.2. The van der Waals surface area contributed by atoms with Crippen molar-refractivity contribution in [1.29, 1.82) is 0 Å². The lowest BCUT2D eigenvalue weighted by Gasteiger charge is -2.19. The molecule has 0 fully saturated rings. The van der Waals surface area contributed by atoms with Crippen molar-refractivity contribution in [3.63, 3.8) is 0 Å². The van der Waals surface area contributed by atoms with Crippen molar-refractivity contribution in [2.24, 2.45) is 0 Å². The van der Waals surface area contributed by atoms with Crippen LogP contribution in [0.4, 0.5) is 0 Å². The SMILES string of the molecule is CCOCCCC(Cc1c(C)cc(C)cc1C)NC. The third kappa shape index (κ3) is 5.33. The van der Waals surface area contributed by atoms with E-state index in [9.17, 15) is 0 Å². The topological polar surface area (TPSA) is 21.3 Å². The number of benzene rings is 1. The molecule has 0 saturated heterocycles. The van der Waals surface area contributed by atoms with E-state index in [1.807, 2.05) is 0 Å². The Kier molecular flexibility index (Phi) is 7.11. The fourth-order valence-electron chi connectivity index (χ4n) is 2.70. The highest BCUT2D eigenvalue weighted by atomic mass is 16.5. The van der Waals surface area contributed by atoms with Gasteiger partial charge < -0.3 is 10.1 Å². The Hall–Kier alpha value is -0.860. The van der Waals surface area contributed by atoms with Gasteiger partial charge in [-0.1, -0.05) is 17.7 Å². The molecular formula is C17H29NO. The summed E-state index contributed by atoms with van der Waals surface area (Å²) in [7, 11) is 2.06. The van der Waals surface area contributed by atoms with Crippen molar-refractivity contribution in [2.75, 3.05) is 20.3 Å². The molecule has 1 atom stereocenters. The highest BCUT2D eigenvalue weighted by Crippen LogP contribution is 2.19. The predicted octanol–water partition coefficient (Wildman–Crippen LogP) is 3.56. The van der Waals surface area contributed by atoms with E-state index in [-0.39, 0.29) is 0 Å². The van der Waals surface area contributed by atoms with Crippen LogP contribution in [0.5, 0.6) is 0 Å². The Morgan fingerprint density at radius 3 is 2.32 bits per heavy atom. The summed E-state index contributed by atoms with van der Waals surface area (Å²) in [6.45, 7) is 10.4. The number of hydrogen-bond acceptors (Lipinski definition) is 2. The van der Waals surface area contributed by atoms with E-state index in [2.05, 4.69) is 52.2 Å². The monoisotopic (exact) mass is 263 g/mol. The molecule has 0 aliphatic rings. The molecule has 1 aromatic carbocycles. The van der Waals surface area contributed by atoms with E-state index in [1.165, 1.54) is 28.7 Å². The van der Waals surface area contributed by atoms with E-state index >= 15 is 0 Å². The zero-order valence-electron chi connectivity index (χ0n) is 13.2. The number of aryl methyl sites for hydroxylation is 3. The van der Waals surface area contributed by atoms with E-state index in [0.717, 1.165) is 26.1 Å². The fraction of sp³-hybridized carbons (Fsp3) is 0.647. The first kappa shape index (κ1) is 16.2. The number of likely N-dealkylation sites (N-methyl/N-ethyl adjacent to an activating group) is 1. The average molecular weight is 263 g/mol. The molecule has 0 bridgehead atoms. The minimum Gasteiger partial charge on any atom is -0.382 e. The molecule has 19 heavy (non-hydrogen) atoms. The molecule has 0 amide bonds. The molecule has 0 aliphatic heterocycles. The van der Waals surface area contributed by atoms with Gasteiger partial charge in [0.2, 0.25) is 0 Å². The molecule has 2 heteroatoms. The van der Waals surface area contributed by atoms with Gasteiger partial charge in [-0.05, 0) is 70.7 Å². The van der Waals surface area contributed by atoms with Crippen molar-refractivity contribution in [1.82, 2.24) is 5.32 Å². The summed E-state index contributed by atoms with van der Waals surface area (Å²) in [5, 5.41) is 3.44. The quantitative estimate of drug-likeness (QED) is 0.724. The standard InChI is InChI=1S/C17H29NO/c1-6-19-9-7-8-16(18-5)12-17-14(3)10-13(2)11-15(17)4/h10-11,16,18H,6-9,12H2,1-5H3. The molecule has 1 rings (SSSR count). The Balaban J connectivity index is 2.60. The summed E-state index contributed by atoms with van der Waals surface area (Å²) < 4.78 is 5.41. The van der Waals surface area contributed by atoms with Crippen LogP contribution in [0.1, 0.15) is 42.0 Å². The summed E-state index contributed by atoms with van der Waals surface area (Å²) in [4.78, 5) is 0. The van der Waals surface area contributed by atoms with Crippen LogP contribution in [0, 0.1) is 20.8 Å². The first-order valence-electron chi connectivity index (χ1n) is 7.40. The zero-order chi connectivity index (χ0) is 14.3. The maximum atomic E-state index is 5.41. The molecule has 1 unspecified atom stereocenters. The van der Waals surface area contributed by atoms with Crippen molar-refractivity contribution in [3.8, 4) is 0 Å². The van der Waals surface area contributed by atoms with Gasteiger partial charge in [0.15, 0.2) is 0 Å². The van der Waals surface area contributed by atoms with Gasteiger partial charge in [-0.3, -0.25) is 0 Å². The van der Waals surface area contributed by atoms with Crippen LogP contribution >= 0.6 is 0 Å². The van der Waals surface area contributed by atoms with Gasteiger partial charge in [-0.2, -0.15) is 0 Å². The van der Waals surface area contributed by atoms with Gasteiger partial charge in [-0.25, -0.2) is 0 Å². The van der Waals surface area contributed by atoms with Gasteiger partial charge in [0.25, 0.3) is 0 Å². The van der Waals surface area contributed by atoms with Crippen LogP contribution in [0.2, 0.25) is 0 Å². The first-order chi connectivity index (χ1) is 9.08. The second kappa shape index (κ2) is 8.34. The molecule has 0 radical (unpaired) electrons. The second-order valence-corrected chi connectivity index (χ2v) is 5.41. The van der Waals surface area contributed by atoms with Crippen LogP contribution in [0.3, 0.4) is 0 Å². The highest BCUT2D eigenvalue weighted by Gasteiger charge is 2.11. The molecule has 0 aromatic heterocycles. The molecule has 1 N–H and O–H groups in total. The largest absolute Gasteiger partial charge is 0.382 e. The van der Waals surface area contributed by atoms with Crippen LogP contribution in [-0.4, -0.2) is 26.3 Å². The molecule has 0 saturated carbocycles. The van der Waals surface area contributed by atoms with Gasteiger partial charge >= 0.3 is 0 Å². The van der Waals surface area contributed by atoms with E-state index in [0.29, 0.717) is 6.04 Å². The Morgan fingerprint density at radius 1 is 1.16 bits per heavy atom. The lowest BCUT2D eigenvalue weighted by molar-refractivity contribution is 0.141. The smallest absolute Gasteiger partial charge is 0.0466 e. The van der Waals surface area contributed by atoms with E-state index in [4.69, 9.17) is 4.74 Å². The maximum Gasteiger partial charge on any atom is 0.0466 e. The summed E-state index contributed by atoms with van der Waals surface area (Å²) in [6, 6.07) is 5.12. The summed E-state index contributed by atoms with van der Waals surface area (Å²) in [6.07, 6.45) is 3.41. The van der Waals surface area contributed by atoms with E-state index < -0.39 is 0 Å². The Morgan fingerprint density at radius 2 is 1.79 bits per heavy atom. The molecule has 0 aliphatic carbocycles. The fourth-order valence-corrected chi connectivity index (χ4v) is 2.70. The first-order valence-corrected chi connectivity index (χ1v) is 7.40. The van der Waals surface area contributed by atoms with E-state index in [1.54, 1.807) is 0 Å². The summed E-state index contributed by atoms with van der Waals surface area (Å²) >= 11 is 0. The minimum absolute atomic E-state index is 0.542. The highest BCUT2D eigenvalue weighted by molar-refractivity contribution is 5.38. The number of rotatable bonds is 8. The summed E-state index contributed by atoms with van der Waals surface area (Å²) in [5.74, 6) is 0. The predicted molar refractivity (Wildman–Crippen MR) is 82.9 cm³/mol. The average Bonchev–Trinajstić information content (AvgIpc) is 2.36. The lowest BCUT2D eigenvalue weighted by atomic mass is 9.93. The number of hydrogen-bond donors (Lipinski definition) is 1. The van der Waals surface area contributed by atoms with Crippen molar-refractivity contribution < 1.29 is 4.74 Å². The third-order valence-corrected chi connectivity index (χ3v) is 3.74. The van der Waals surface area contributed by atoms with Gasteiger partial charge in [0.05, 0.1) is 0 Å². The van der Waals surface area contributed by atoms with Gasteiger partial charge in [0.1, 0.15) is 0 Å². The molecule has 1 aromatic rings. The Labute approximate surface area is 118 Å². The van der Waals surface area contributed by atoms with Crippen LogP contribution in [0.25, 0.3) is 0 Å². The minimum atomic E-state index is 0.542. The maximum absolute atomic E-state index is 5.41. The van der Waals surface area contributed by atoms with Crippen LogP contribution in [-0.2, 0) is 11.2 Å². The molecule has 0 spiro atoms. The normalized spacial score (nSPS) is 12.7. The number of ether oxygens (including phenoxy) is 1. The Bertz CT molecular complexity index is 364. The molecular weight excluding hydrogens is 234 g/mol. The van der Waals surface area contributed by atoms with Crippen LogP contribution in [0.15, 0.2) is 12.1 Å². The van der Waals surface area contributed by atoms with Gasteiger partial charge in [-0.15, -0.1) is 0 Å². The molecule has 108 valence electrons. The van der Waals surface area contributed by atoms with Crippen molar-refractivity contribution in [3.05, 3.63) is 34.4 Å². The summed E-state index contributed by atoms with van der Waals surface area (Å²) in [5.41, 5.74) is 5.70. The number of nitrogens with one attached hydrogen (secondary N) is 1.